The van der Waals surface area contributed by atoms with E-state index in [2.05, 4.69) is 16.0 Å². The molecular formula is C24H27ClFN5O4. The second-order valence-corrected chi connectivity index (χ2v) is 8.87. The number of amidine groups is 1. The molecule has 2 aromatic rings. The predicted molar refractivity (Wildman–Crippen MR) is 129 cm³/mol. The van der Waals surface area contributed by atoms with Crippen LogP contribution in [0.3, 0.4) is 0 Å². The molecule has 0 aromatic heterocycles. The van der Waals surface area contributed by atoms with Crippen LogP contribution in [0.4, 0.5) is 9.18 Å². The second-order valence-electron chi connectivity index (χ2n) is 8.47. The maximum absolute atomic E-state index is 13.3. The third-order valence-electron chi connectivity index (χ3n) is 5.74. The Hall–Kier alpha value is -3.50. The van der Waals surface area contributed by atoms with Crippen molar-refractivity contribution in [2.45, 2.75) is 38.4 Å². The topological polar surface area (TPSA) is 143 Å². The monoisotopic (exact) mass is 503 g/mol. The van der Waals surface area contributed by atoms with Crippen LogP contribution in [0.25, 0.3) is 0 Å². The first-order valence-corrected chi connectivity index (χ1v) is 11.4. The largest absolute Gasteiger partial charge is 0.465 e. The van der Waals surface area contributed by atoms with Gasteiger partial charge in [-0.05, 0) is 55.5 Å². The van der Waals surface area contributed by atoms with E-state index in [1.54, 1.807) is 43.3 Å². The minimum absolute atomic E-state index is 0.0770. The van der Waals surface area contributed by atoms with Gasteiger partial charge in [0.1, 0.15) is 17.7 Å². The summed E-state index contributed by atoms with van der Waals surface area (Å²) in [6.07, 6.45) is -0.0615. The molecule has 1 fully saturated rings. The van der Waals surface area contributed by atoms with Crippen molar-refractivity contribution < 1.29 is 23.9 Å². The van der Waals surface area contributed by atoms with Gasteiger partial charge in [0.25, 0.3) is 0 Å². The maximum atomic E-state index is 13.3. The van der Waals surface area contributed by atoms with Crippen molar-refractivity contribution in [3.63, 3.8) is 0 Å². The smallest absolute Gasteiger partial charge is 0.410 e. The van der Waals surface area contributed by atoms with Crippen LogP contribution in [-0.2, 0) is 22.6 Å². The molecular weight excluding hydrogens is 477 g/mol. The fourth-order valence-electron chi connectivity index (χ4n) is 3.85. The third-order valence-corrected chi connectivity index (χ3v) is 6.03. The molecule has 1 aliphatic heterocycles. The Balaban J connectivity index is 1.42. The van der Waals surface area contributed by atoms with E-state index in [4.69, 9.17) is 22.1 Å². The van der Waals surface area contributed by atoms with Crippen molar-refractivity contribution in [1.29, 1.82) is 5.41 Å². The molecule has 0 radical (unpaired) electrons. The van der Waals surface area contributed by atoms with Gasteiger partial charge in [-0.3, -0.25) is 20.3 Å². The van der Waals surface area contributed by atoms with Gasteiger partial charge in [0.2, 0.25) is 11.8 Å². The fourth-order valence-corrected chi connectivity index (χ4v) is 4.06. The van der Waals surface area contributed by atoms with Crippen molar-refractivity contribution in [2.75, 3.05) is 6.54 Å². The molecule has 3 amide bonds. The summed E-state index contributed by atoms with van der Waals surface area (Å²) in [5.41, 5.74) is 2.05. The average Bonchev–Trinajstić information content (AvgIpc) is 3.28. The Morgan fingerprint density at radius 3 is 2.54 bits per heavy atom. The molecule has 1 heterocycles. The lowest BCUT2D eigenvalue weighted by Gasteiger charge is -2.17. The van der Waals surface area contributed by atoms with Gasteiger partial charge in [-0.2, -0.15) is 0 Å². The summed E-state index contributed by atoms with van der Waals surface area (Å²) in [4.78, 5) is 35.7. The fraction of sp³-hybridized carbons (Fsp3) is 0.333. The zero-order valence-electron chi connectivity index (χ0n) is 19.0. The molecule has 1 aliphatic rings. The molecule has 11 heteroatoms. The quantitative estimate of drug-likeness (QED) is 0.242. The number of amides is 3. The zero-order chi connectivity index (χ0) is 25.5. The summed E-state index contributed by atoms with van der Waals surface area (Å²) < 4.78 is 13.3. The van der Waals surface area contributed by atoms with Gasteiger partial charge in [0.15, 0.2) is 0 Å². The van der Waals surface area contributed by atoms with Crippen LogP contribution >= 0.6 is 11.6 Å². The van der Waals surface area contributed by atoms with Gasteiger partial charge in [0.05, 0.1) is 11.1 Å². The molecule has 186 valence electrons. The first kappa shape index (κ1) is 26.1. The maximum Gasteiger partial charge on any atom is 0.410 e. The molecule has 3 rings (SSSR count). The second kappa shape index (κ2) is 11.8. The summed E-state index contributed by atoms with van der Waals surface area (Å²) in [7, 11) is 0. The van der Waals surface area contributed by atoms with Crippen molar-refractivity contribution in [3.05, 3.63) is 70.0 Å². The van der Waals surface area contributed by atoms with E-state index >= 15 is 0 Å². The summed E-state index contributed by atoms with van der Waals surface area (Å²) in [5, 5.41) is 27.0. The molecule has 35 heavy (non-hydrogen) atoms. The Bertz CT molecular complexity index is 1110. The van der Waals surface area contributed by atoms with Gasteiger partial charge < -0.3 is 21.1 Å². The predicted octanol–water partition coefficient (Wildman–Crippen LogP) is 2.41. The highest BCUT2D eigenvalue weighted by Crippen LogP contribution is 2.23. The van der Waals surface area contributed by atoms with E-state index in [-0.39, 0.29) is 35.1 Å². The van der Waals surface area contributed by atoms with Crippen LogP contribution in [-0.4, -0.2) is 47.5 Å². The van der Waals surface area contributed by atoms with Crippen molar-refractivity contribution in [1.82, 2.24) is 21.3 Å². The van der Waals surface area contributed by atoms with E-state index in [0.717, 1.165) is 11.1 Å². The van der Waals surface area contributed by atoms with E-state index in [1.165, 1.54) is 6.07 Å². The first-order valence-electron chi connectivity index (χ1n) is 11.1. The normalized spacial score (nSPS) is 17.9. The molecule has 2 aromatic carbocycles. The summed E-state index contributed by atoms with van der Waals surface area (Å²) in [6, 6.07) is 9.95. The van der Waals surface area contributed by atoms with Gasteiger partial charge in [-0.15, -0.1) is 0 Å². The number of nitrogens with one attached hydrogen (secondary N) is 5. The molecule has 0 spiro atoms. The summed E-state index contributed by atoms with van der Waals surface area (Å²) in [6.45, 7) is 2.44. The molecule has 9 nitrogen and oxygen atoms in total. The lowest BCUT2D eigenvalue weighted by Crippen LogP contribution is -2.49. The van der Waals surface area contributed by atoms with E-state index in [0.29, 0.717) is 24.9 Å². The number of hydrogen-bond acceptors (Lipinski definition) is 5. The Kier molecular flexibility index (Phi) is 8.78. The number of carbonyl (C=O) groups is 3. The van der Waals surface area contributed by atoms with Crippen LogP contribution < -0.4 is 21.3 Å². The molecule has 0 aliphatic carbocycles. The lowest BCUT2D eigenvalue weighted by atomic mass is 9.96. The van der Waals surface area contributed by atoms with Crippen LogP contribution in [0, 0.1) is 17.1 Å². The highest BCUT2D eigenvalue weighted by Gasteiger charge is 2.31. The number of halogens is 2. The van der Waals surface area contributed by atoms with Crippen molar-refractivity contribution >= 4 is 35.3 Å². The minimum atomic E-state index is -1.32. The number of benzene rings is 2. The molecule has 1 saturated heterocycles. The Morgan fingerprint density at radius 1 is 1.20 bits per heavy atom. The number of carboxylic acid groups (broad SMARTS) is 1. The van der Waals surface area contributed by atoms with Crippen LogP contribution in [0.15, 0.2) is 42.5 Å². The standard InChI is InChI=1S/C24H27ClFN5O4/c1-13(22(32)29-11-14-2-5-17(6-3-14)21(27)31-24(34)35)30-23(33)20-10-16(12-28-20)8-15-4-7-19(26)18(25)9-15/h2-7,9,13,16,20,28H,8,10-12H2,1H3,(H2,27,31)(H,29,32)(H,30,33)(H,34,35)/t13?,16-,20+/m0/s1. The van der Waals surface area contributed by atoms with Crippen LogP contribution in [0.5, 0.6) is 0 Å². The molecule has 6 N–H and O–H groups in total. The lowest BCUT2D eigenvalue weighted by molar-refractivity contribution is -0.129. The van der Waals surface area contributed by atoms with Crippen molar-refractivity contribution in [3.8, 4) is 0 Å². The van der Waals surface area contributed by atoms with Gasteiger partial charge in [-0.25, -0.2) is 9.18 Å². The molecule has 0 saturated carbocycles. The molecule has 1 unspecified atom stereocenters. The van der Waals surface area contributed by atoms with Crippen LogP contribution in [0.2, 0.25) is 5.02 Å². The summed E-state index contributed by atoms with van der Waals surface area (Å²) in [5.74, 6) is -1.13. The Labute approximate surface area is 206 Å². The zero-order valence-corrected chi connectivity index (χ0v) is 19.8. The number of carbonyl (C=O) groups excluding carboxylic acids is 2. The van der Waals surface area contributed by atoms with Gasteiger partial charge in [0, 0.05) is 12.1 Å². The van der Waals surface area contributed by atoms with E-state index < -0.39 is 24.0 Å². The van der Waals surface area contributed by atoms with Crippen LogP contribution in [0.1, 0.15) is 30.0 Å². The third kappa shape index (κ3) is 7.49. The van der Waals surface area contributed by atoms with E-state index in [1.807, 2.05) is 5.32 Å². The number of rotatable bonds is 8. The van der Waals surface area contributed by atoms with Gasteiger partial charge >= 0.3 is 6.09 Å². The van der Waals surface area contributed by atoms with Crippen molar-refractivity contribution in [2.24, 2.45) is 5.92 Å². The van der Waals surface area contributed by atoms with Gasteiger partial charge in [-0.1, -0.05) is 41.9 Å². The highest BCUT2D eigenvalue weighted by molar-refractivity contribution is 6.30. The summed E-state index contributed by atoms with van der Waals surface area (Å²) >= 11 is 5.84. The van der Waals surface area contributed by atoms with E-state index in [9.17, 15) is 18.8 Å². The Morgan fingerprint density at radius 2 is 1.89 bits per heavy atom. The minimum Gasteiger partial charge on any atom is -0.465 e. The number of hydrogen-bond donors (Lipinski definition) is 6. The SMILES string of the molecule is CC(NC(=O)[C@H]1C[C@H](Cc2ccc(F)c(Cl)c2)CN1)C(=O)NCc1ccc(C(=N)NC(=O)O)cc1. The average molecular weight is 504 g/mol. The molecule has 0 bridgehead atoms. The first-order chi connectivity index (χ1) is 16.6. The highest BCUT2D eigenvalue weighted by atomic mass is 35.5. The molecule has 3 atom stereocenters.